The number of aryl methyl sites for hydroxylation is 1. The minimum absolute atomic E-state index is 0.134. The molecule has 0 bridgehead atoms. The van der Waals surface area contributed by atoms with Gasteiger partial charge in [-0.2, -0.15) is 0 Å². The lowest BCUT2D eigenvalue weighted by molar-refractivity contribution is -0.122. The van der Waals surface area contributed by atoms with Gasteiger partial charge in [0, 0.05) is 0 Å². The normalized spacial score (nSPS) is 13.7. The second kappa shape index (κ2) is 8.52. The van der Waals surface area contributed by atoms with Crippen molar-refractivity contribution in [3.8, 4) is 0 Å². The van der Waals surface area contributed by atoms with E-state index in [-0.39, 0.29) is 18.2 Å². The molecular formula is C20H25FN2O3S. The maximum Gasteiger partial charge on any atom is 0.244 e. The molecule has 0 aromatic heterocycles. The first-order chi connectivity index (χ1) is 12.6. The number of carbonyl (C=O) groups is 1. The highest BCUT2D eigenvalue weighted by Crippen LogP contribution is 2.26. The average molecular weight is 392 g/mol. The molecule has 0 heterocycles. The van der Waals surface area contributed by atoms with Gasteiger partial charge in [-0.25, -0.2) is 12.8 Å². The zero-order chi connectivity index (χ0) is 20.2. The van der Waals surface area contributed by atoms with Crippen LogP contribution >= 0.6 is 0 Å². The van der Waals surface area contributed by atoms with Crippen molar-refractivity contribution in [3.63, 3.8) is 0 Å². The summed E-state index contributed by atoms with van der Waals surface area (Å²) in [6.45, 7) is 5.49. The molecule has 0 radical (unpaired) electrons. The van der Waals surface area contributed by atoms with Crippen LogP contribution in [-0.2, 0) is 14.8 Å². The fraction of sp³-hybridized carbons (Fsp3) is 0.350. The molecule has 0 spiro atoms. The molecule has 2 atom stereocenters. The lowest BCUT2D eigenvalue weighted by Gasteiger charge is -2.31. The molecule has 2 rings (SSSR count). The highest BCUT2D eigenvalue weighted by atomic mass is 32.2. The molecule has 2 aromatic carbocycles. The van der Waals surface area contributed by atoms with Gasteiger partial charge in [-0.15, -0.1) is 0 Å². The van der Waals surface area contributed by atoms with Gasteiger partial charge in [-0.3, -0.25) is 9.10 Å². The monoisotopic (exact) mass is 392 g/mol. The number of para-hydroxylation sites is 1. The minimum atomic E-state index is -3.87. The molecule has 0 aliphatic heterocycles. The number of hydrogen-bond donors (Lipinski definition) is 1. The number of carbonyl (C=O) groups excluding carboxylic acids is 1. The molecule has 0 saturated carbocycles. The molecule has 7 heteroatoms. The molecule has 1 amide bonds. The number of nitrogens with one attached hydrogen (secondary N) is 1. The molecular weight excluding hydrogens is 367 g/mol. The van der Waals surface area contributed by atoms with E-state index in [2.05, 4.69) is 5.32 Å². The van der Waals surface area contributed by atoms with Gasteiger partial charge in [-0.1, -0.05) is 48.9 Å². The molecule has 1 N–H and O–H groups in total. The van der Waals surface area contributed by atoms with Crippen molar-refractivity contribution in [2.75, 3.05) is 10.6 Å². The van der Waals surface area contributed by atoms with E-state index in [4.69, 9.17) is 0 Å². The number of halogens is 1. The summed E-state index contributed by atoms with van der Waals surface area (Å²) in [6, 6.07) is 11.9. The molecule has 0 unspecified atom stereocenters. The van der Waals surface area contributed by atoms with Gasteiger partial charge in [0.1, 0.15) is 11.9 Å². The van der Waals surface area contributed by atoms with Crippen LogP contribution in [0.25, 0.3) is 0 Å². The first-order valence-electron chi connectivity index (χ1n) is 8.76. The van der Waals surface area contributed by atoms with Gasteiger partial charge in [0.25, 0.3) is 0 Å². The fourth-order valence-corrected chi connectivity index (χ4v) is 4.13. The van der Waals surface area contributed by atoms with Gasteiger partial charge >= 0.3 is 0 Å². The van der Waals surface area contributed by atoms with Crippen molar-refractivity contribution in [3.05, 3.63) is 65.5 Å². The number of anilines is 1. The van der Waals surface area contributed by atoms with Crippen molar-refractivity contribution in [2.24, 2.45) is 0 Å². The third-order valence-corrected chi connectivity index (χ3v) is 5.52. The number of amides is 1. The Morgan fingerprint density at radius 1 is 1.15 bits per heavy atom. The Balaban J connectivity index is 2.32. The third kappa shape index (κ3) is 5.07. The predicted molar refractivity (Wildman–Crippen MR) is 106 cm³/mol. The Bertz CT molecular complexity index is 898. The van der Waals surface area contributed by atoms with Gasteiger partial charge in [0.15, 0.2) is 0 Å². The van der Waals surface area contributed by atoms with Crippen LogP contribution in [0.4, 0.5) is 10.1 Å². The van der Waals surface area contributed by atoms with E-state index in [1.165, 1.54) is 24.3 Å². The maximum absolute atomic E-state index is 14.3. The van der Waals surface area contributed by atoms with Crippen LogP contribution in [0.15, 0.2) is 48.5 Å². The zero-order valence-corrected chi connectivity index (χ0v) is 16.8. The van der Waals surface area contributed by atoms with E-state index < -0.39 is 27.8 Å². The van der Waals surface area contributed by atoms with Crippen LogP contribution in [-0.4, -0.2) is 26.6 Å². The Morgan fingerprint density at radius 3 is 2.26 bits per heavy atom. The van der Waals surface area contributed by atoms with Gasteiger partial charge in [-0.05, 0) is 38.0 Å². The maximum atomic E-state index is 14.3. The smallest absolute Gasteiger partial charge is 0.244 e. The standard InChI is InChI=1S/C20H25FN2O3S/c1-5-18(20(24)22-15(3)16-12-10-14(2)11-13-16)23(27(4,25)26)19-9-7-6-8-17(19)21/h6-13,15,18H,5H2,1-4H3,(H,22,24)/t15-,18+/m1/s1. The first-order valence-corrected chi connectivity index (χ1v) is 10.6. The predicted octanol–water partition coefficient (Wildman–Crippen LogP) is 3.56. The number of benzene rings is 2. The van der Waals surface area contributed by atoms with Crippen molar-refractivity contribution in [2.45, 2.75) is 39.3 Å². The lowest BCUT2D eigenvalue weighted by Crippen LogP contribution is -2.50. The van der Waals surface area contributed by atoms with E-state index in [0.717, 1.165) is 21.7 Å². The molecule has 0 aliphatic rings. The van der Waals surface area contributed by atoms with Gasteiger partial charge < -0.3 is 5.32 Å². The summed E-state index contributed by atoms with van der Waals surface area (Å²) in [5.74, 6) is -1.17. The number of rotatable bonds is 7. The van der Waals surface area contributed by atoms with Crippen LogP contribution in [0.2, 0.25) is 0 Å². The lowest BCUT2D eigenvalue weighted by atomic mass is 10.1. The van der Waals surface area contributed by atoms with Gasteiger partial charge in [0.2, 0.25) is 15.9 Å². The van der Waals surface area contributed by atoms with Crippen LogP contribution in [0.1, 0.15) is 37.4 Å². The fourth-order valence-electron chi connectivity index (χ4n) is 2.91. The highest BCUT2D eigenvalue weighted by molar-refractivity contribution is 7.92. The van der Waals surface area contributed by atoms with Crippen LogP contribution in [0.5, 0.6) is 0 Å². The van der Waals surface area contributed by atoms with E-state index in [0.29, 0.717) is 0 Å². The molecule has 0 aliphatic carbocycles. The second-order valence-corrected chi connectivity index (χ2v) is 8.43. The SMILES string of the molecule is CC[C@@H](C(=O)N[C@H](C)c1ccc(C)cc1)N(c1ccccc1F)S(C)(=O)=O. The second-order valence-electron chi connectivity index (χ2n) is 6.58. The van der Waals surface area contributed by atoms with Crippen molar-refractivity contribution < 1.29 is 17.6 Å². The first kappa shape index (κ1) is 20.9. The quantitative estimate of drug-likeness (QED) is 0.784. The van der Waals surface area contributed by atoms with Crippen molar-refractivity contribution in [1.82, 2.24) is 5.32 Å². The largest absolute Gasteiger partial charge is 0.348 e. The summed E-state index contributed by atoms with van der Waals surface area (Å²) < 4.78 is 39.8. The Labute approximate surface area is 160 Å². The number of hydrogen-bond acceptors (Lipinski definition) is 3. The summed E-state index contributed by atoms with van der Waals surface area (Å²) in [4.78, 5) is 12.9. The summed E-state index contributed by atoms with van der Waals surface area (Å²) in [5.41, 5.74) is 1.87. The molecule has 0 saturated heterocycles. The topological polar surface area (TPSA) is 66.5 Å². The summed E-state index contributed by atoms with van der Waals surface area (Å²) >= 11 is 0. The molecule has 27 heavy (non-hydrogen) atoms. The summed E-state index contributed by atoms with van der Waals surface area (Å²) in [5, 5.41) is 2.84. The van der Waals surface area contributed by atoms with Gasteiger partial charge in [0.05, 0.1) is 18.0 Å². The average Bonchev–Trinajstić information content (AvgIpc) is 2.59. The molecule has 2 aromatic rings. The van der Waals surface area contributed by atoms with Crippen molar-refractivity contribution >= 4 is 21.6 Å². The molecule has 0 fully saturated rings. The van der Waals surface area contributed by atoms with E-state index in [1.807, 2.05) is 38.1 Å². The third-order valence-electron chi connectivity index (χ3n) is 4.36. The summed E-state index contributed by atoms with van der Waals surface area (Å²) in [6.07, 6.45) is 1.17. The minimum Gasteiger partial charge on any atom is -0.348 e. The van der Waals surface area contributed by atoms with E-state index >= 15 is 0 Å². The highest BCUT2D eigenvalue weighted by Gasteiger charge is 2.33. The van der Waals surface area contributed by atoms with Crippen molar-refractivity contribution in [1.29, 1.82) is 0 Å². The zero-order valence-electron chi connectivity index (χ0n) is 15.9. The Morgan fingerprint density at radius 2 is 1.74 bits per heavy atom. The molecule has 5 nitrogen and oxygen atoms in total. The van der Waals surface area contributed by atoms with Crippen LogP contribution in [0, 0.1) is 12.7 Å². The Kier molecular flexibility index (Phi) is 6.59. The molecule has 146 valence electrons. The number of nitrogens with zero attached hydrogens (tertiary/aromatic N) is 1. The van der Waals surface area contributed by atoms with Crippen LogP contribution < -0.4 is 9.62 Å². The van der Waals surface area contributed by atoms with Crippen LogP contribution in [0.3, 0.4) is 0 Å². The summed E-state index contributed by atoms with van der Waals surface area (Å²) in [7, 11) is -3.87. The number of sulfonamides is 1. The van der Waals surface area contributed by atoms with E-state index in [9.17, 15) is 17.6 Å². The Hall–Kier alpha value is -2.41. The van der Waals surface area contributed by atoms with E-state index in [1.54, 1.807) is 6.92 Å².